The Morgan fingerprint density at radius 1 is 1.12 bits per heavy atom. The third kappa shape index (κ3) is 3.88. The van der Waals surface area contributed by atoms with E-state index >= 15 is 0 Å². The Balaban J connectivity index is 1.59. The van der Waals surface area contributed by atoms with Crippen molar-refractivity contribution in [3.63, 3.8) is 0 Å². The van der Waals surface area contributed by atoms with Crippen molar-refractivity contribution in [2.75, 3.05) is 40.5 Å². The van der Waals surface area contributed by atoms with Crippen LogP contribution in [0.15, 0.2) is 65.8 Å². The van der Waals surface area contributed by atoms with Gasteiger partial charge in [-0.05, 0) is 16.7 Å². The van der Waals surface area contributed by atoms with E-state index in [1.165, 1.54) is 14.2 Å². The van der Waals surface area contributed by atoms with Crippen molar-refractivity contribution in [2.24, 2.45) is 16.4 Å². The highest BCUT2D eigenvalue weighted by molar-refractivity contribution is 5.60. The van der Waals surface area contributed by atoms with Crippen LogP contribution >= 0.6 is 0 Å². The molecule has 0 spiro atoms. The van der Waals surface area contributed by atoms with Gasteiger partial charge < -0.3 is 34.4 Å². The number of rotatable bonds is 8. The van der Waals surface area contributed by atoms with Gasteiger partial charge in [-0.1, -0.05) is 66.6 Å². The highest BCUT2D eigenvalue weighted by Gasteiger charge is 2.77. The Morgan fingerprint density at radius 3 is 2.44 bits per heavy atom. The molecule has 3 aliphatic rings. The molecule has 0 unspecified atom stereocenters. The molecule has 11 heteroatoms. The lowest BCUT2D eigenvalue weighted by Gasteiger charge is -2.49. The maximum atomic E-state index is 13.0. The Morgan fingerprint density at radius 2 is 1.83 bits per heavy atom. The first-order chi connectivity index (χ1) is 19.7. The number of aliphatic hydroxyl groups excluding tert-OH is 2. The van der Waals surface area contributed by atoms with Crippen LogP contribution in [0.4, 0.5) is 5.69 Å². The summed E-state index contributed by atoms with van der Waals surface area (Å²) in [6.45, 7) is 3.90. The number of methoxy groups -OCH3 is 2. The predicted molar refractivity (Wildman–Crippen MR) is 149 cm³/mol. The maximum absolute atomic E-state index is 13.0. The van der Waals surface area contributed by atoms with Crippen molar-refractivity contribution in [2.45, 2.75) is 30.1 Å². The summed E-state index contributed by atoms with van der Waals surface area (Å²) in [5.74, 6) is -0.381. The summed E-state index contributed by atoms with van der Waals surface area (Å²) in [6.07, 6.45) is -1.30. The highest BCUT2D eigenvalue weighted by Crippen LogP contribution is 2.70. The van der Waals surface area contributed by atoms with Crippen LogP contribution in [0.3, 0.4) is 0 Å². The topological polar surface area (TPSA) is 153 Å². The molecule has 0 bridgehead atoms. The third-order valence-corrected chi connectivity index (χ3v) is 8.92. The first-order valence-corrected chi connectivity index (χ1v) is 13.5. The second-order valence-electron chi connectivity index (χ2n) is 11.5. The molecule has 2 fully saturated rings. The zero-order chi connectivity index (χ0) is 29.0. The Labute approximate surface area is 237 Å². The first kappa shape index (κ1) is 27.3. The van der Waals surface area contributed by atoms with Gasteiger partial charge in [-0.2, -0.15) is 4.98 Å². The van der Waals surface area contributed by atoms with E-state index in [0.29, 0.717) is 36.6 Å². The van der Waals surface area contributed by atoms with Gasteiger partial charge in [-0.25, -0.2) is 0 Å². The second-order valence-corrected chi connectivity index (χ2v) is 11.5. The van der Waals surface area contributed by atoms with E-state index in [1.54, 1.807) is 30.3 Å². The molecule has 3 heterocycles. The van der Waals surface area contributed by atoms with Crippen LogP contribution in [-0.2, 0) is 11.2 Å². The molecule has 0 radical (unpaired) electrons. The van der Waals surface area contributed by atoms with Crippen LogP contribution in [0.2, 0.25) is 0 Å². The summed E-state index contributed by atoms with van der Waals surface area (Å²) in [7, 11) is 2.93. The molecule has 5 atom stereocenters. The zero-order valence-corrected chi connectivity index (χ0v) is 23.1. The predicted octanol–water partition coefficient (Wildman–Crippen LogP) is 3.60. The molecule has 1 aromatic heterocycles. The Bertz CT molecular complexity index is 1490. The number of benzene rings is 2. The number of pyridine rings is 1. The van der Waals surface area contributed by atoms with Crippen LogP contribution in [0.5, 0.6) is 17.5 Å². The maximum Gasteiger partial charge on any atom is 0.226 e. The van der Waals surface area contributed by atoms with Crippen molar-refractivity contribution in [1.29, 1.82) is 0 Å². The van der Waals surface area contributed by atoms with Gasteiger partial charge in [0.05, 0.1) is 32.5 Å². The molecule has 3 aromatic rings. The Hall–Kier alpha value is -3.86. The average molecular weight is 560 g/mol. The van der Waals surface area contributed by atoms with E-state index in [-0.39, 0.29) is 29.3 Å². The van der Waals surface area contributed by atoms with E-state index < -0.39 is 29.1 Å². The van der Waals surface area contributed by atoms with E-state index in [4.69, 9.17) is 19.7 Å². The number of fused-ring (bicyclic) bond motifs is 3. The molecule has 2 aromatic carbocycles. The largest absolute Gasteiger partial charge is 0.481 e. The van der Waals surface area contributed by atoms with E-state index in [0.717, 1.165) is 5.56 Å². The number of nitrogens with zero attached hydrogens (tertiary/aromatic N) is 5. The van der Waals surface area contributed by atoms with Gasteiger partial charge in [-0.3, -0.25) is 0 Å². The number of aliphatic hydroxyl groups is 3. The van der Waals surface area contributed by atoms with Gasteiger partial charge in [0.2, 0.25) is 11.8 Å². The van der Waals surface area contributed by atoms with Crippen molar-refractivity contribution in [3.05, 3.63) is 87.8 Å². The minimum atomic E-state index is -1.98. The fraction of sp³-hybridized carbons (Fsp3) is 0.433. The molecule has 41 heavy (non-hydrogen) atoms. The monoisotopic (exact) mass is 559 g/mol. The second kappa shape index (κ2) is 9.90. The molecule has 6 rings (SSSR count). The lowest BCUT2D eigenvalue weighted by Crippen LogP contribution is -2.58. The summed E-state index contributed by atoms with van der Waals surface area (Å²) in [6, 6.07) is 18.2. The van der Waals surface area contributed by atoms with Crippen molar-refractivity contribution < 1.29 is 29.5 Å². The van der Waals surface area contributed by atoms with Crippen LogP contribution in [0.25, 0.3) is 10.4 Å². The molecule has 2 aliphatic heterocycles. The standard InChI is InChI=1S/C30H33N5O6/c1-28(17-36)15-35(16-28)14-21-24(18-7-5-4-6-8-18)30(19-9-11-20(12-10-19)33-34-31)29(38,26(21)37)25-22(41-30)13-23(39-2)32-27(25)40-3/h4-13,21,24,26,36-38H,14-17H2,1-3H3/t21-,24-,26-,29+,30+/m1/s1. The number of aromatic nitrogens is 1. The summed E-state index contributed by atoms with van der Waals surface area (Å²) in [5.41, 5.74) is 7.37. The summed E-state index contributed by atoms with van der Waals surface area (Å²) >= 11 is 0. The molecule has 1 saturated heterocycles. The summed E-state index contributed by atoms with van der Waals surface area (Å²) < 4.78 is 17.9. The van der Waals surface area contributed by atoms with Gasteiger partial charge in [0.15, 0.2) is 11.2 Å². The van der Waals surface area contributed by atoms with E-state index in [9.17, 15) is 15.3 Å². The Kier molecular flexibility index (Phi) is 6.60. The van der Waals surface area contributed by atoms with Gasteiger partial charge >= 0.3 is 0 Å². The fourth-order valence-corrected chi connectivity index (χ4v) is 7.25. The number of likely N-dealkylation sites (tertiary alicyclic amines) is 1. The smallest absolute Gasteiger partial charge is 0.226 e. The number of ether oxygens (including phenoxy) is 3. The molecular formula is C30H33N5O6. The molecule has 1 saturated carbocycles. The molecule has 3 N–H and O–H groups in total. The zero-order valence-electron chi connectivity index (χ0n) is 23.1. The van der Waals surface area contributed by atoms with Crippen LogP contribution in [-0.4, -0.2) is 71.8 Å². The SMILES string of the molecule is COc1cc2c(c(OC)n1)[C@]1(O)[C@H](O)[C@H](CN3CC(C)(CO)C3)[C@@H](c3ccccc3)[C@]1(c1ccc(N=[N+]=[N-])cc1)O2. The normalized spacial score (nSPS) is 29.5. The first-order valence-electron chi connectivity index (χ1n) is 13.5. The lowest BCUT2D eigenvalue weighted by molar-refractivity contribution is -0.153. The van der Waals surface area contributed by atoms with Crippen molar-refractivity contribution in [3.8, 4) is 17.5 Å². The van der Waals surface area contributed by atoms with Crippen LogP contribution in [0, 0.1) is 11.3 Å². The summed E-state index contributed by atoms with van der Waals surface area (Å²) in [5, 5.41) is 38.8. The van der Waals surface area contributed by atoms with E-state index in [1.807, 2.05) is 37.3 Å². The van der Waals surface area contributed by atoms with Crippen molar-refractivity contribution in [1.82, 2.24) is 9.88 Å². The number of hydrogen-bond acceptors (Lipinski definition) is 9. The molecule has 11 nitrogen and oxygen atoms in total. The van der Waals surface area contributed by atoms with E-state index in [2.05, 4.69) is 19.9 Å². The quantitative estimate of drug-likeness (QED) is 0.215. The fourth-order valence-electron chi connectivity index (χ4n) is 7.25. The van der Waals surface area contributed by atoms with Crippen LogP contribution in [0.1, 0.15) is 29.5 Å². The van der Waals surface area contributed by atoms with Gasteiger partial charge in [-0.15, -0.1) is 0 Å². The average Bonchev–Trinajstić information content (AvgIpc) is 3.34. The molecule has 0 amide bonds. The molecule has 1 aliphatic carbocycles. The summed E-state index contributed by atoms with van der Waals surface area (Å²) in [4.78, 5) is 9.51. The third-order valence-electron chi connectivity index (χ3n) is 8.92. The molecular weight excluding hydrogens is 526 g/mol. The highest BCUT2D eigenvalue weighted by atomic mass is 16.5. The minimum Gasteiger partial charge on any atom is -0.481 e. The van der Waals surface area contributed by atoms with Gasteiger partial charge in [0, 0.05) is 53.6 Å². The van der Waals surface area contributed by atoms with Gasteiger partial charge in [0.1, 0.15) is 5.75 Å². The minimum absolute atomic E-state index is 0.0748. The van der Waals surface area contributed by atoms with Crippen molar-refractivity contribution >= 4 is 5.69 Å². The lowest BCUT2D eigenvalue weighted by atomic mass is 9.70. The number of azide groups is 1. The van der Waals surface area contributed by atoms with Gasteiger partial charge in [0.25, 0.3) is 0 Å². The molecule has 214 valence electrons. The van der Waals surface area contributed by atoms with Crippen LogP contribution < -0.4 is 14.2 Å². The number of hydrogen-bond donors (Lipinski definition) is 3.